The van der Waals surface area contributed by atoms with Gasteiger partial charge in [0.2, 0.25) is 0 Å². The molecule has 2 fully saturated rings. The van der Waals surface area contributed by atoms with Crippen LogP contribution in [0.1, 0.15) is 42.2 Å². The second-order valence-corrected chi connectivity index (χ2v) is 7.76. The zero-order valence-electron chi connectivity index (χ0n) is 15.1. The SMILES string of the molecule is c1ccc(C2CCN(CC3CNCCC3c3ccccc3)CC2)cc1. The molecule has 0 radical (unpaired) electrons. The van der Waals surface area contributed by atoms with Crippen molar-refractivity contribution in [1.29, 1.82) is 0 Å². The van der Waals surface area contributed by atoms with E-state index in [9.17, 15) is 0 Å². The molecule has 2 aliphatic rings. The molecular weight excluding hydrogens is 304 g/mol. The summed E-state index contributed by atoms with van der Waals surface area (Å²) in [4.78, 5) is 2.72. The molecule has 4 rings (SSSR count). The van der Waals surface area contributed by atoms with Crippen LogP contribution in [0.4, 0.5) is 0 Å². The maximum Gasteiger partial charge on any atom is 0.00277 e. The third kappa shape index (κ3) is 4.13. The second-order valence-electron chi connectivity index (χ2n) is 7.76. The van der Waals surface area contributed by atoms with Crippen molar-refractivity contribution in [3.05, 3.63) is 71.8 Å². The quantitative estimate of drug-likeness (QED) is 0.899. The predicted octanol–water partition coefficient (Wildman–Crippen LogP) is 4.26. The van der Waals surface area contributed by atoms with Crippen LogP contribution in [0.5, 0.6) is 0 Å². The molecule has 1 N–H and O–H groups in total. The van der Waals surface area contributed by atoms with E-state index in [0.717, 1.165) is 24.9 Å². The van der Waals surface area contributed by atoms with Gasteiger partial charge in [-0.3, -0.25) is 0 Å². The lowest BCUT2D eigenvalue weighted by Gasteiger charge is -2.39. The van der Waals surface area contributed by atoms with E-state index >= 15 is 0 Å². The summed E-state index contributed by atoms with van der Waals surface area (Å²) in [5, 5.41) is 3.63. The maximum atomic E-state index is 3.63. The van der Waals surface area contributed by atoms with Crippen LogP contribution < -0.4 is 5.32 Å². The minimum Gasteiger partial charge on any atom is -0.316 e. The average Bonchev–Trinajstić information content (AvgIpc) is 2.70. The molecule has 2 aromatic carbocycles. The smallest absolute Gasteiger partial charge is 0.00277 e. The predicted molar refractivity (Wildman–Crippen MR) is 105 cm³/mol. The summed E-state index contributed by atoms with van der Waals surface area (Å²) < 4.78 is 0. The molecule has 2 nitrogen and oxygen atoms in total. The molecule has 2 heterocycles. The van der Waals surface area contributed by atoms with Crippen molar-refractivity contribution < 1.29 is 0 Å². The van der Waals surface area contributed by atoms with E-state index in [0.29, 0.717) is 5.92 Å². The van der Waals surface area contributed by atoms with Gasteiger partial charge in [-0.25, -0.2) is 0 Å². The van der Waals surface area contributed by atoms with E-state index in [1.54, 1.807) is 0 Å². The molecule has 0 aromatic heterocycles. The van der Waals surface area contributed by atoms with Crippen LogP contribution in [0.3, 0.4) is 0 Å². The van der Waals surface area contributed by atoms with Gasteiger partial charge in [0.05, 0.1) is 0 Å². The molecule has 2 unspecified atom stereocenters. The van der Waals surface area contributed by atoms with Gasteiger partial charge in [0.25, 0.3) is 0 Å². The lowest BCUT2D eigenvalue weighted by molar-refractivity contribution is 0.158. The van der Waals surface area contributed by atoms with Crippen LogP contribution in [-0.4, -0.2) is 37.6 Å². The molecule has 0 bridgehead atoms. The largest absolute Gasteiger partial charge is 0.316 e. The summed E-state index contributed by atoms with van der Waals surface area (Å²) in [5.41, 5.74) is 3.07. The van der Waals surface area contributed by atoms with Crippen molar-refractivity contribution in [2.45, 2.75) is 31.1 Å². The highest BCUT2D eigenvalue weighted by atomic mass is 15.1. The normalized spacial score (nSPS) is 25.8. The molecule has 0 aliphatic carbocycles. The fraction of sp³-hybridized carbons (Fsp3) is 0.478. The number of nitrogens with zero attached hydrogens (tertiary/aromatic N) is 1. The summed E-state index contributed by atoms with van der Waals surface area (Å²) >= 11 is 0. The fourth-order valence-corrected chi connectivity index (χ4v) is 4.76. The first kappa shape index (κ1) is 16.8. The first-order valence-corrected chi connectivity index (χ1v) is 9.93. The van der Waals surface area contributed by atoms with E-state index in [1.807, 2.05) is 0 Å². The minimum atomic E-state index is 0.717. The van der Waals surface area contributed by atoms with E-state index in [2.05, 4.69) is 70.9 Å². The third-order valence-electron chi connectivity index (χ3n) is 6.19. The number of hydrogen-bond acceptors (Lipinski definition) is 2. The summed E-state index contributed by atoms with van der Waals surface area (Å²) in [6, 6.07) is 22.3. The summed E-state index contributed by atoms with van der Waals surface area (Å²) in [7, 11) is 0. The van der Waals surface area contributed by atoms with Gasteiger partial charge in [-0.1, -0.05) is 60.7 Å². The Morgan fingerprint density at radius 3 is 2.12 bits per heavy atom. The Labute approximate surface area is 152 Å². The molecule has 2 aliphatic heterocycles. The monoisotopic (exact) mass is 334 g/mol. The van der Waals surface area contributed by atoms with Crippen molar-refractivity contribution in [3.8, 4) is 0 Å². The topological polar surface area (TPSA) is 15.3 Å². The van der Waals surface area contributed by atoms with Crippen LogP contribution in [0, 0.1) is 5.92 Å². The first-order valence-electron chi connectivity index (χ1n) is 9.93. The zero-order valence-corrected chi connectivity index (χ0v) is 15.1. The highest BCUT2D eigenvalue weighted by Crippen LogP contribution is 2.33. The van der Waals surface area contributed by atoms with Gasteiger partial charge in [0.15, 0.2) is 0 Å². The Morgan fingerprint density at radius 2 is 1.44 bits per heavy atom. The molecule has 2 saturated heterocycles. The number of likely N-dealkylation sites (tertiary alicyclic amines) is 1. The Hall–Kier alpha value is -1.64. The molecule has 0 spiro atoms. The highest BCUT2D eigenvalue weighted by Gasteiger charge is 2.29. The number of rotatable bonds is 4. The second kappa shape index (κ2) is 8.16. The van der Waals surface area contributed by atoms with Gasteiger partial charge in [-0.2, -0.15) is 0 Å². The first-order chi connectivity index (χ1) is 12.4. The van der Waals surface area contributed by atoms with E-state index in [1.165, 1.54) is 50.0 Å². The Bertz CT molecular complexity index is 632. The standard InChI is InChI=1S/C23H30N2/c1-3-7-19(8-4-1)20-12-15-25(16-13-20)18-22-17-24-14-11-23(22)21-9-5-2-6-10-21/h1-10,20,22-24H,11-18H2. The minimum absolute atomic E-state index is 0.717. The van der Waals surface area contributed by atoms with Gasteiger partial charge in [-0.05, 0) is 74.3 Å². The van der Waals surface area contributed by atoms with Crippen molar-refractivity contribution in [2.75, 3.05) is 32.7 Å². The summed E-state index contributed by atoms with van der Waals surface area (Å²) in [5.74, 6) is 2.21. The third-order valence-corrected chi connectivity index (χ3v) is 6.19. The Kier molecular flexibility index (Phi) is 5.49. The van der Waals surface area contributed by atoms with Crippen LogP contribution in [0.2, 0.25) is 0 Å². The highest BCUT2D eigenvalue weighted by molar-refractivity contribution is 5.22. The molecular formula is C23H30N2. The van der Waals surface area contributed by atoms with Gasteiger partial charge in [-0.15, -0.1) is 0 Å². The zero-order chi connectivity index (χ0) is 16.9. The summed E-state index contributed by atoms with van der Waals surface area (Å²) in [6.45, 7) is 6.06. The molecule has 2 atom stereocenters. The number of hydrogen-bond donors (Lipinski definition) is 1. The molecule has 0 amide bonds. The van der Waals surface area contributed by atoms with Crippen molar-refractivity contribution in [2.24, 2.45) is 5.92 Å². The number of nitrogens with one attached hydrogen (secondary N) is 1. The number of benzene rings is 2. The Balaban J connectivity index is 1.35. The van der Waals surface area contributed by atoms with E-state index in [-0.39, 0.29) is 0 Å². The lowest BCUT2D eigenvalue weighted by atomic mass is 9.80. The lowest BCUT2D eigenvalue weighted by Crippen LogP contribution is -2.44. The van der Waals surface area contributed by atoms with Crippen LogP contribution in [-0.2, 0) is 0 Å². The maximum absolute atomic E-state index is 3.63. The van der Waals surface area contributed by atoms with Gasteiger partial charge < -0.3 is 10.2 Å². The van der Waals surface area contributed by atoms with Crippen molar-refractivity contribution in [1.82, 2.24) is 10.2 Å². The van der Waals surface area contributed by atoms with Gasteiger partial charge in [0, 0.05) is 6.54 Å². The summed E-state index contributed by atoms with van der Waals surface area (Å²) in [6.07, 6.45) is 3.88. The average molecular weight is 335 g/mol. The molecule has 132 valence electrons. The van der Waals surface area contributed by atoms with Crippen LogP contribution in [0.25, 0.3) is 0 Å². The van der Waals surface area contributed by atoms with Gasteiger partial charge >= 0.3 is 0 Å². The molecule has 0 saturated carbocycles. The van der Waals surface area contributed by atoms with Crippen LogP contribution in [0.15, 0.2) is 60.7 Å². The Morgan fingerprint density at radius 1 is 0.800 bits per heavy atom. The van der Waals surface area contributed by atoms with Crippen LogP contribution >= 0.6 is 0 Å². The molecule has 2 heteroatoms. The van der Waals surface area contributed by atoms with Gasteiger partial charge in [0.1, 0.15) is 0 Å². The van der Waals surface area contributed by atoms with Crippen molar-refractivity contribution in [3.63, 3.8) is 0 Å². The molecule has 2 aromatic rings. The van der Waals surface area contributed by atoms with E-state index < -0.39 is 0 Å². The van der Waals surface area contributed by atoms with Crippen molar-refractivity contribution >= 4 is 0 Å². The number of piperidine rings is 2. The molecule has 25 heavy (non-hydrogen) atoms. The van der Waals surface area contributed by atoms with E-state index in [4.69, 9.17) is 0 Å². The fourth-order valence-electron chi connectivity index (χ4n) is 4.76.